The van der Waals surface area contributed by atoms with Crippen LogP contribution in [0.1, 0.15) is 37.8 Å². The van der Waals surface area contributed by atoms with Crippen LogP contribution in [-0.2, 0) is 14.3 Å². The first-order chi connectivity index (χ1) is 11.3. The van der Waals surface area contributed by atoms with Crippen molar-refractivity contribution >= 4 is 17.9 Å². The second-order valence-corrected chi connectivity index (χ2v) is 5.53. The number of ether oxygens (including phenoxy) is 2. The van der Waals surface area contributed by atoms with Gasteiger partial charge in [-0.05, 0) is 43.0 Å². The third-order valence-electron chi connectivity index (χ3n) is 3.17. The summed E-state index contributed by atoms with van der Waals surface area (Å²) < 4.78 is 10.1. The van der Waals surface area contributed by atoms with Crippen LogP contribution >= 0.6 is 0 Å². The quantitative estimate of drug-likeness (QED) is 0.742. The Bertz CT molecular complexity index is 599. The van der Waals surface area contributed by atoms with E-state index in [0.29, 0.717) is 18.2 Å². The van der Waals surface area contributed by atoms with Crippen molar-refractivity contribution in [2.75, 3.05) is 19.8 Å². The highest BCUT2D eigenvalue weighted by molar-refractivity contribution is 5.95. The SMILES string of the molecule is CCNC(=O)NC(=O)COC(=O)COc1ccc(C(C)C)c(C)c1. The number of carbonyl (C=O) groups is 3. The van der Waals surface area contributed by atoms with Crippen LogP contribution in [0.25, 0.3) is 0 Å². The monoisotopic (exact) mass is 336 g/mol. The lowest BCUT2D eigenvalue weighted by molar-refractivity contribution is -0.150. The number of rotatable bonds is 7. The van der Waals surface area contributed by atoms with Crippen LogP contribution in [0.3, 0.4) is 0 Å². The van der Waals surface area contributed by atoms with Gasteiger partial charge in [0, 0.05) is 6.54 Å². The number of carbonyl (C=O) groups excluding carboxylic acids is 3. The van der Waals surface area contributed by atoms with Gasteiger partial charge in [0.2, 0.25) is 0 Å². The molecule has 0 saturated carbocycles. The lowest BCUT2D eigenvalue weighted by Gasteiger charge is -2.12. The van der Waals surface area contributed by atoms with Gasteiger partial charge >= 0.3 is 12.0 Å². The molecule has 1 rings (SSSR count). The molecule has 24 heavy (non-hydrogen) atoms. The minimum atomic E-state index is -0.702. The second-order valence-electron chi connectivity index (χ2n) is 5.53. The molecule has 0 aromatic heterocycles. The van der Waals surface area contributed by atoms with Gasteiger partial charge in [-0.25, -0.2) is 9.59 Å². The van der Waals surface area contributed by atoms with E-state index >= 15 is 0 Å². The Balaban J connectivity index is 2.37. The van der Waals surface area contributed by atoms with E-state index in [4.69, 9.17) is 9.47 Å². The third kappa shape index (κ3) is 6.68. The summed E-state index contributed by atoms with van der Waals surface area (Å²) in [5.41, 5.74) is 2.30. The van der Waals surface area contributed by atoms with Gasteiger partial charge in [-0.1, -0.05) is 19.9 Å². The van der Waals surface area contributed by atoms with Gasteiger partial charge in [-0.2, -0.15) is 0 Å². The molecule has 0 saturated heterocycles. The normalized spacial score (nSPS) is 10.2. The van der Waals surface area contributed by atoms with E-state index in [2.05, 4.69) is 19.2 Å². The van der Waals surface area contributed by atoms with E-state index < -0.39 is 24.5 Å². The van der Waals surface area contributed by atoms with Crippen molar-refractivity contribution in [3.8, 4) is 5.75 Å². The van der Waals surface area contributed by atoms with E-state index in [1.165, 1.54) is 5.56 Å². The van der Waals surface area contributed by atoms with E-state index in [0.717, 1.165) is 5.56 Å². The molecule has 7 heteroatoms. The second kappa shape index (κ2) is 9.54. The summed E-state index contributed by atoms with van der Waals surface area (Å²) >= 11 is 0. The zero-order chi connectivity index (χ0) is 18.1. The van der Waals surface area contributed by atoms with Crippen LogP contribution in [0.2, 0.25) is 0 Å². The highest BCUT2D eigenvalue weighted by atomic mass is 16.6. The summed E-state index contributed by atoms with van der Waals surface area (Å²) in [6, 6.07) is 4.97. The van der Waals surface area contributed by atoms with Crippen molar-refractivity contribution in [2.24, 2.45) is 0 Å². The first-order valence-electron chi connectivity index (χ1n) is 7.80. The first kappa shape index (κ1) is 19.5. The number of amides is 3. The zero-order valence-electron chi connectivity index (χ0n) is 14.5. The summed E-state index contributed by atoms with van der Waals surface area (Å²) in [7, 11) is 0. The molecule has 0 atom stereocenters. The summed E-state index contributed by atoms with van der Waals surface area (Å²) in [5.74, 6) is -0.425. The molecule has 0 aliphatic heterocycles. The fourth-order valence-electron chi connectivity index (χ4n) is 2.08. The molecule has 1 aromatic carbocycles. The highest BCUT2D eigenvalue weighted by Crippen LogP contribution is 2.23. The van der Waals surface area contributed by atoms with Crippen molar-refractivity contribution < 1.29 is 23.9 Å². The summed E-state index contributed by atoms with van der Waals surface area (Å²) in [5, 5.41) is 4.42. The third-order valence-corrected chi connectivity index (χ3v) is 3.17. The molecule has 0 aliphatic carbocycles. The fraction of sp³-hybridized carbons (Fsp3) is 0.471. The smallest absolute Gasteiger partial charge is 0.344 e. The van der Waals surface area contributed by atoms with Crippen LogP contribution in [0.15, 0.2) is 18.2 Å². The number of esters is 1. The number of aryl methyl sites for hydroxylation is 1. The number of hydrogen-bond acceptors (Lipinski definition) is 5. The number of nitrogens with one attached hydrogen (secondary N) is 2. The van der Waals surface area contributed by atoms with Gasteiger partial charge in [0.05, 0.1) is 0 Å². The van der Waals surface area contributed by atoms with E-state index in [-0.39, 0.29) is 6.61 Å². The average molecular weight is 336 g/mol. The lowest BCUT2D eigenvalue weighted by atomic mass is 9.98. The maximum Gasteiger partial charge on any atom is 0.344 e. The molecule has 0 unspecified atom stereocenters. The Morgan fingerprint density at radius 1 is 1.17 bits per heavy atom. The van der Waals surface area contributed by atoms with Gasteiger partial charge in [0.25, 0.3) is 5.91 Å². The average Bonchev–Trinajstić information content (AvgIpc) is 2.50. The highest BCUT2D eigenvalue weighted by Gasteiger charge is 2.11. The number of hydrogen-bond donors (Lipinski definition) is 2. The Morgan fingerprint density at radius 2 is 1.88 bits per heavy atom. The molecule has 0 fully saturated rings. The van der Waals surface area contributed by atoms with Gasteiger partial charge in [0.1, 0.15) is 5.75 Å². The molecule has 0 spiro atoms. The zero-order valence-corrected chi connectivity index (χ0v) is 14.5. The van der Waals surface area contributed by atoms with Gasteiger partial charge in [-0.3, -0.25) is 10.1 Å². The Kier molecular flexibility index (Phi) is 7.74. The molecule has 132 valence electrons. The fourth-order valence-corrected chi connectivity index (χ4v) is 2.08. The topological polar surface area (TPSA) is 93.7 Å². The molecule has 0 aliphatic rings. The van der Waals surface area contributed by atoms with Crippen LogP contribution in [-0.4, -0.2) is 37.7 Å². The van der Waals surface area contributed by atoms with E-state index in [1.54, 1.807) is 13.0 Å². The van der Waals surface area contributed by atoms with Crippen molar-refractivity contribution in [1.82, 2.24) is 10.6 Å². The standard InChI is InChI=1S/C17H24N2O5/c1-5-18-17(22)19-15(20)9-24-16(21)10-23-13-6-7-14(11(2)3)12(4)8-13/h6-8,11H,5,9-10H2,1-4H3,(H2,18,19,20,22). The number of imide groups is 1. The number of urea groups is 1. The molecule has 7 nitrogen and oxygen atoms in total. The molecular formula is C17H24N2O5. The lowest BCUT2D eigenvalue weighted by Crippen LogP contribution is -2.41. The minimum Gasteiger partial charge on any atom is -0.482 e. The largest absolute Gasteiger partial charge is 0.482 e. The van der Waals surface area contributed by atoms with Crippen molar-refractivity contribution in [3.63, 3.8) is 0 Å². The first-order valence-corrected chi connectivity index (χ1v) is 7.80. The van der Waals surface area contributed by atoms with Crippen LogP contribution in [0.4, 0.5) is 4.79 Å². The van der Waals surface area contributed by atoms with E-state index in [9.17, 15) is 14.4 Å². The Hall–Kier alpha value is -2.57. The summed E-state index contributed by atoms with van der Waals surface area (Å²) in [6.07, 6.45) is 0. The maximum absolute atomic E-state index is 11.6. The van der Waals surface area contributed by atoms with Crippen LogP contribution < -0.4 is 15.4 Å². The van der Waals surface area contributed by atoms with Gasteiger partial charge < -0.3 is 14.8 Å². The van der Waals surface area contributed by atoms with Crippen LogP contribution in [0.5, 0.6) is 5.75 Å². The van der Waals surface area contributed by atoms with Crippen molar-refractivity contribution in [2.45, 2.75) is 33.6 Å². The minimum absolute atomic E-state index is 0.311. The summed E-state index contributed by atoms with van der Waals surface area (Å²) in [4.78, 5) is 34.0. The Morgan fingerprint density at radius 3 is 2.46 bits per heavy atom. The molecule has 0 radical (unpaired) electrons. The Labute approximate surface area is 141 Å². The van der Waals surface area contributed by atoms with E-state index in [1.807, 2.05) is 24.4 Å². The molecule has 2 N–H and O–H groups in total. The molecule has 0 bridgehead atoms. The molecule has 0 heterocycles. The maximum atomic E-state index is 11.6. The van der Waals surface area contributed by atoms with Crippen molar-refractivity contribution in [3.05, 3.63) is 29.3 Å². The van der Waals surface area contributed by atoms with Gasteiger partial charge in [0.15, 0.2) is 13.2 Å². The molecule has 3 amide bonds. The predicted octanol–water partition coefficient (Wildman–Crippen LogP) is 1.89. The summed E-state index contributed by atoms with van der Waals surface area (Å²) in [6.45, 7) is 7.45. The van der Waals surface area contributed by atoms with Gasteiger partial charge in [-0.15, -0.1) is 0 Å². The van der Waals surface area contributed by atoms with Crippen molar-refractivity contribution in [1.29, 1.82) is 0 Å². The number of benzene rings is 1. The molecular weight excluding hydrogens is 312 g/mol. The molecule has 1 aromatic rings. The van der Waals surface area contributed by atoms with Crippen LogP contribution in [0, 0.1) is 6.92 Å². The predicted molar refractivity (Wildman–Crippen MR) is 88.9 cm³/mol.